The van der Waals surface area contributed by atoms with Gasteiger partial charge < -0.3 is 29.2 Å². The summed E-state index contributed by atoms with van der Waals surface area (Å²) < 4.78 is 16.8. The third-order valence-electron chi connectivity index (χ3n) is 6.25. The monoisotopic (exact) mass is 519 g/mol. The highest BCUT2D eigenvalue weighted by atomic mass is 16.5. The number of carbonyl (C=O) groups is 1. The first kappa shape index (κ1) is 27.2. The van der Waals surface area contributed by atoms with Gasteiger partial charge in [0.1, 0.15) is 41.7 Å². The molecule has 8 nitrogen and oxygen atoms in total. The van der Waals surface area contributed by atoms with Gasteiger partial charge in [-0.1, -0.05) is 48.5 Å². The van der Waals surface area contributed by atoms with E-state index in [1.165, 1.54) is 0 Å². The first-order valence-electron chi connectivity index (χ1n) is 12.6. The van der Waals surface area contributed by atoms with E-state index in [4.69, 9.17) is 19.0 Å². The first-order chi connectivity index (χ1) is 18.4. The highest BCUT2D eigenvalue weighted by Gasteiger charge is 2.24. The molecule has 1 aromatic heterocycles. The molecule has 3 N–H and O–H groups in total. The van der Waals surface area contributed by atoms with Gasteiger partial charge in [0.25, 0.3) is 0 Å². The number of carboxylic acids is 1. The molecular formula is C30H33NO7. The van der Waals surface area contributed by atoms with Crippen LogP contribution in [-0.2, 0) is 11.2 Å². The lowest BCUT2D eigenvalue weighted by molar-refractivity contribution is -0.139. The van der Waals surface area contributed by atoms with Gasteiger partial charge in [-0.2, -0.15) is 0 Å². The van der Waals surface area contributed by atoms with Crippen molar-refractivity contribution < 1.29 is 34.0 Å². The fourth-order valence-electron chi connectivity index (χ4n) is 4.28. The van der Waals surface area contributed by atoms with Gasteiger partial charge >= 0.3 is 5.97 Å². The highest BCUT2D eigenvalue weighted by molar-refractivity contribution is 5.77. The molecule has 3 aromatic carbocycles. The molecule has 0 amide bonds. The van der Waals surface area contributed by atoms with Crippen molar-refractivity contribution in [1.82, 2.24) is 4.90 Å². The van der Waals surface area contributed by atoms with E-state index in [9.17, 15) is 15.0 Å². The maximum Gasteiger partial charge on any atom is 0.341 e. The molecule has 38 heavy (non-hydrogen) atoms. The molecule has 4 aromatic rings. The Morgan fingerprint density at radius 3 is 2.29 bits per heavy atom. The van der Waals surface area contributed by atoms with Gasteiger partial charge in [0.15, 0.2) is 6.61 Å². The predicted octanol–water partition coefficient (Wildman–Crippen LogP) is 4.30. The number of furan rings is 1. The van der Waals surface area contributed by atoms with Gasteiger partial charge in [-0.25, -0.2) is 4.79 Å². The van der Waals surface area contributed by atoms with Crippen LogP contribution in [0.25, 0.3) is 11.0 Å². The summed E-state index contributed by atoms with van der Waals surface area (Å²) in [5, 5.41) is 31.6. The zero-order valence-corrected chi connectivity index (χ0v) is 21.3. The van der Waals surface area contributed by atoms with Crippen LogP contribution in [-0.4, -0.2) is 64.6 Å². The lowest BCUT2D eigenvalue weighted by atomic mass is 10.0. The van der Waals surface area contributed by atoms with Gasteiger partial charge in [-0.05, 0) is 55.3 Å². The average molecular weight is 520 g/mol. The van der Waals surface area contributed by atoms with E-state index >= 15 is 0 Å². The summed E-state index contributed by atoms with van der Waals surface area (Å²) in [5.74, 6) is 0.600. The van der Waals surface area contributed by atoms with Crippen LogP contribution in [0.15, 0.2) is 89.3 Å². The molecule has 0 aliphatic carbocycles. The quantitative estimate of drug-likeness (QED) is 0.226. The summed E-state index contributed by atoms with van der Waals surface area (Å²) in [4.78, 5) is 12.7. The third kappa shape index (κ3) is 7.82. The normalized spacial score (nSPS) is 13.8. The van der Waals surface area contributed by atoms with E-state index in [1.54, 1.807) is 12.1 Å². The molecule has 0 aliphatic rings. The number of benzene rings is 3. The van der Waals surface area contributed by atoms with E-state index < -0.39 is 24.8 Å². The third-order valence-corrected chi connectivity index (χ3v) is 6.25. The van der Waals surface area contributed by atoms with Gasteiger partial charge in [0, 0.05) is 24.5 Å². The number of para-hydroxylation sites is 2. The molecule has 0 radical (unpaired) electrons. The topological polar surface area (TPSA) is 113 Å². The van der Waals surface area contributed by atoms with Gasteiger partial charge in [-0.15, -0.1) is 0 Å². The van der Waals surface area contributed by atoms with Crippen molar-refractivity contribution in [3.8, 4) is 11.5 Å². The average Bonchev–Trinajstić information content (AvgIpc) is 3.36. The molecule has 0 bridgehead atoms. The minimum atomic E-state index is -1.03. The highest BCUT2D eigenvalue weighted by Crippen LogP contribution is 2.25. The maximum absolute atomic E-state index is 11.1. The molecule has 8 heteroatoms. The zero-order valence-electron chi connectivity index (χ0n) is 21.3. The molecule has 0 saturated heterocycles. The fraction of sp³-hybridized carbons (Fsp3) is 0.300. The lowest BCUT2D eigenvalue weighted by Gasteiger charge is -2.32. The second-order valence-electron chi connectivity index (χ2n) is 9.31. The molecule has 0 saturated carbocycles. The largest absolute Gasteiger partial charge is 0.491 e. The number of aliphatic hydroxyl groups excluding tert-OH is 2. The molecule has 0 spiro atoms. The van der Waals surface area contributed by atoms with E-state index in [0.29, 0.717) is 29.3 Å². The second kappa shape index (κ2) is 13.1. The van der Waals surface area contributed by atoms with E-state index in [0.717, 1.165) is 10.9 Å². The van der Waals surface area contributed by atoms with Gasteiger partial charge in [0.05, 0.1) is 0 Å². The Morgan fingerprint density at radius 2 is 1.58 bits per heavy atom. The van der Waals surface area contributed by atoms with E-state index in [2.05, 4.69) is 0 Å². The molecule has 1 unspecified atom stereocenters. The summed E-state index contributed by atoms with van der Waals surface area (Å²) in [6.45, 7) is 2.29. The fourth-order valence-corrected chi connectivity index (χ4v) is 4.28. The van der Waals surface area contributed by atoms with Crippen LogP contribution in [0.1, 0.15) is 24.4 Å². The Kier molecular flexibility index (Phi) is 9.37. The molecule has 3 atom stereocenters. The lowest BCUT2D eigenvalue weighted by Crippen LogP contribution is -2.44. The van der Waals surface area contributed by atoms with Crippen molar-refractivity contribution in [2.45, 2.75) is 31.6 Å². The molecule has 0 aliphatic heterocycles. The van der Waals surface area contributed by atoms with Gasteiger partial charge in [0.2, 0.25) is 0 Å². The number of aliphatic hydroxyl groups is 2. The predicted molar refractivity (Wildman–Crippen MR) is 143 cm³/mol. The first-order valence-corrected chi connectivity index (χ1v) is 12.6. The van der Waals surface area contributed by atoms with Crippen LogP contribution in [0.4, 0.5) is 0 Å². The maximum atomic E-state index is 11.1. The molecule has 4 rings (SSSR count). The standard InChI is InChI=1S/C30H33NO7/c1-21(15-22-11-13-26(14-12-22)37-20-30(34)35)31(17-24(32)19-36-25-8-3-2-4-9-25)18-27(33)29-16-23-7-5-6-10-28(23)38-29/h2-14,16,21,24,27,32-33H,15,17-20H2,1H3,(H,34,35)/t21?,24-,27+/m0/s1. The van der Waals surface area contributed by atoms with Crippen molar-refractivity contribution in [2.75, 3.05) is 26.3 Å². The van der Waals surface area contributed by atoms with Crippen molar-refractivity contribution >= 4 is 16.9 Å². The van der Waals surface area contributed by atoms with Crippen molar-refractivity contribution in [1.29, 1.82) is 0 Å². The summed E-state index contributed by atoms with van der Waals surface area (Å²) in [6.07, 6.45) is -1.04. The van der Waals surface area contributed by atoms with Crippen LogP contribution in [0, 0.1) is 0 Å². The number of rotatable bonds is 14. The van der Waals surface area contributed by atoms with Gasteiger partial charge in [-0.3, -0.25) is 4.90 Å². The van der Waals surface area contributed by atoms with Crippen molar-refractivity contribution in [3.63, 3.8) is 0 Å². The summed E-state index contributed by atoms with van der Waals surface area (Å²) in [5.41, 5.74) is 1.72. The molecule has 1 heterocycles. The number of nitrogens with zero attached hydrogens (tertiary/aromatic N) is 1. The Hall–Kier alpha value is -3.85. The van der Waals surface area contributed by atoms with Crippen LogP contribution in [0.2, 0.25) is 0 Å². The number of carboxylic acid groups (broad SMARTS) is 1. The van der Waals surface area contributed by atoms with Crippen LogP contribution in [0.3, 0.4) is 0 Å². The number of ether oxygens (including phenoxy) is 2. The van der Waals surface area contributed by atoms with Crippen molar-refractivity contribution in [2.24, 2.45) is 0 Å². The Balaban J connectivity index is 1.43. The Morgan fingerprint density at radius 1 is 0.895 bits per heavy atom. The summed E-state index contributed by atoms with van der Waals surface area (Å²) in [6, 6.07) is 26.0. The van der Waals surface area contributed by atoms with E-state index in [1.807, 2.05) is 84.6 Å². The van der Waals surface area contributed by atoms with Crippen LogP contribution >= 0.6 is 0 Å². The van der Waals surface area contributed by atoms with Crippen molar-refractivity contribution in [3.05, 3.63) is 96.3 Å². The summed E-state index contributed by atoms with van der Waals surface area (Å²) in [7, 11) is 0. The summed E-state index contributed by atoms with van der Waals surface area (Å²) >= 11 is 0. The number of fused-ring (bicyclic) bond motifs is 1. The number of hydrogen-bond donors (Lipinski definition) is 3. The molecule has 0 fully saturated rings. The number of hydrogen-bond acceptors (Lipinski definition) is 7. The SMILES string of the molecule is CC(Cc1ccc(OCC(=O)O)cc1)N(C[C@H](O)COc1ccccc1)C[C@@H](O)c1cc2ccccc2o1. The minimum Gasteiger partial charge on any atom is -0.491 e. The Labute approximate surface area is 221 Å². The van der Waals surface area contributed by atoms with E-state index in [-0.39, 0.29) is 25.7 Å². The molecule has 200 valence electrons. The minimum absolute atomic E-state index is 0.0498. The van der Waals surface area contributed by atoms with Crippen LogP contribution in [0.5, 0.6) is 11.5 Å². The smallest absolute Gasteiger partial charge is 0.341 e. The number of aliphatic carboxylic acids is 1. The van der Waals surface area contributed by atoms with Crippen LogP contribution < -0.4 is 9.47 Å². The second-order valence-corrected chi connectivity index (χ2v) is 9.31. The molecular weight excluding hydrogens is 486 g/mol. The Bertz CT molecular complexity index is 1260. The zero-order chi connectivity index (χ0) is 26.9.